The van der Waals surface area contributed by atoms with Crippen molar-refractivity contribution in [3.63, 3.8) is 0 Å². The van der Waals surface area contributed by atoms with Gasteiger partial charge in [0.1, 0.15) is 5.82 Å². The zero-order valence-electron chi connectivity index (χ0n) is 20.2. The molecule has 2 aromatic heterocycles. The van der Waals surface area contributed by atoms with Crippen LogP contribution in [0, 0.1) is 6.92 Å². The Bertz CT molecular complexity index is 1320. The first-order valence-electron chi connectivity index (χ1n) is 11.7. The fourth-order valence-electron chi connectivity index (χ4n) is 5.03. The Morgan fingerprint density at radius 2 is 1.81 bits per heavy atom. The number of methoxy groups -OCH3 is 2. The van der Waals surface area contributed by atoms with E-state index in [0.29, 0.717) is 47.8 Å². The smallest absolute Gasteiger partial charge is 0.231 e. The summed E-state index contributed by atoms with van der Waals surface area (Å²) in [5, 5.41) is 16.5. The van der Waals surface area contributed by atoms with Crippen molar-refractivity contribution in [1.82, 2.24) is 20.0 Å². The molecule has 1 atom stereocenters. The number of ether oxygens (including phenoxy) is 5. The van der Waals surface area contributed by atoms with Crippen LogP contribution in [0.1, 0.15) is 29.2 Å². The summed E-state index contributed by atoms with van der Waals surface area (Å²) in [6.45, 7) is 4.84. The van der Waals surface area contributed by atoms with Gasteiger partial charge in [-0.25, -0.2) is 0 Å². The van der Waals surface area contributed by atoms with E-state index in [1.54, 1.807) is 18.9 Å². The molecule has 1 saturated heterocycles. The third kappa shape index (κ3) is 3.56. The molecule has 1 aromatic carbocycles. The number of benzene rings is 1. The van der Waals surface area contributed by atoms with Gasteiger partial charge < -0.3 is 33.9 Å². The summed E-state index contributed by atoms with van der Waals surface area (Å²) in [5.74, 6) is 3.32. The molecule has 0 unspecified atom stereocenters. The number of nitrogens with one attached hydrogen (secondary N) is 1. The Hall–Kier alpha value is -4.06. The van der Waals surface area contributed by atoms with Crippen molar-refractivity contribution in [3.8, 4) is 28.8 Å². The number of nitrogens with zero attached hydrogens (tertiary/aromatic N) is 5. The molecular weight excluding hydrogens is 468 g/mol. The second-order valence-corrected chi connectivity index (χ2v) is 8.68. The SMILES string of the molecule is COc1cc([C@@H]2CC(=O)Nc3c2c(C)nn3-c2ccc(N3CCOCC3)nn2)c(OC)c2c1OCO2. The molecule has 3 aliphatic heterocycles. The minimum Gasteiger partial charge on any atom is -0.493 e. The van der Waals surface area contributed by atoms with E-state index in [1.165, 1.54) is 0 Å². The van der Waals surface area contributed by atoms with Crippen LogP contribution in [0.5, 0.6) is 23.0 Å². The number of hydrogen-bond donors (Lipinski definition) is 1. The van der Waals surface area contributed by atoms with Crippen LogP contribution in [0.3, 0.4) is 0 Å². The lowest BCUT2D eigenvalue weighted by Gasteiger charge is -2.27. The first kappa shape index (κ1) is 22.4. The first-order chi connectivity index (χ1) is 17.6. The van der Waals surface area contributed by atoms with Crippen molar-refractivity contribution >= 4 is 17.5 Å². The Morgan fingerprint density at radius 3 is 2.53 bits per heavy atom. The van der Waals surface area contributed by atoms with Gasteiger partial charge in [-0.3, -0.25) is 4.79 Å². The second-order valence-electron chi connectivity index (χ2n) is 8.68. The molecule has 3 aliphatic rings. The normalized spacial score (nSPS) is 18.6. The van der Waals surface area contributed by atoms with E-state index >= 15 is 0 Å². The Morgan fingerprint density at radius 1 is 1.06 bits per heavy atom. The molecule has 1 fully saturated rings. The number of aromatic nitrogens is 4. The predicted octanol–water partition coefficient (Wildman–Crippen LogP) is 2.03. The highest BCUT2D eigenvalue weighted by Crippen LogP contribution is 2.54. The Balaban J connectivity index is 1.42. The summed E-state index contributed by atoms with van der Waals surface area (Å²) in [6.07, 6.45) is 0.209. The molecule has 0 spiro atoms. The molecule has 12 heteroatoms. The average Bonchev–Trinajstić information content (AvgIpc) is 3.53. The van der Waals surface area contributed by atoms with E-state index in [4.69, 9.17) is 28.8 Å². The Kier molecular flexibility index (Phi) is 5.52. The molecule has 1 amide bonds. The molecular formula is C24H26N6O6. The van der Waals surface area contributed by atoms with Crippen LogP contribution < -0.4 is 29.2 Å². The van der Waals surface area contributed by atoms with E-state index in [-0.39, 0.29) is 25.0 Å². The monoisotopic (exact) mass is 494 g/mol. The molecule has 0 aliphatic carbocycles. The molecule has 36 heavy (non-hydrogen) atoms. The van der Waals surface area contributed by atoms with Crippen LogP contribution in [0.2, 0.25) is 0 Å². The van der Waals surface area contributed by atoms with Crippen molar-refractivity contribution in [3.05, 3.63) is 35.0 Å². The van der Waals surface area contributed by atoms with Crippen LogP contribution in [-0.4, -0.2) is 73.2 Å². The van der Waals surface area contributed by atoms with Crippen LogP contribution >= 0.6 is 0 Å². The van der Waals surface area contributed by atoms with Gasteiger partial charge in [0, 0.05) is 36.6 Å². The third-order valence-electron chi connectivity index (χ3n) is 6.68. The number of hydrogen-bond acceptors (Lipinski definition) is 10. The summed E-state index contributed by atoms with van der Waals surface area (Å²) in [4.78, 5) is 15.0. The van der Waals surface area contributed by atoms with Gasteiger partial charge in [0.05, 0.1) is 33.1 Å². The lowest BCUT2D eigenvalue weighted by molar-refractivity contribution is -0.116. The summed E-state index contributed by atoms with van der Waals surface area (Å²) < 4.78 is 29.6. The van der Waals surface area contributed by atoms with Crippen molar-refractivity contribution < 1.29 is 28.5 Å². The van der Waals surface area contributed by atoms with Gasteiger partial charge in [-0.1, -0.05) is 0 Å². The standard InChI is InChI=1S/C24H26N6O6/c1-13-20-14(15-10-16(32-2)22-23(21(15)33-3)36-12-35-22)11-19(31)25-24(20)30(28-13)18-5-4-17(26-27-18)29-6-8-34-9-7-29/h4-5,10,14H,6-9,11-12H2,1-3H3,(H,25,31)/t14-/m0/s1. The van der Waals surface area contributed by atoms with Gasteiger partial charge in [-0.2, -0.15) is 9.78 Å². The fraction of sp³-hybridized carbons (Fsp3) is 0.417. The highest BCUT2D eigenvalue weighted by molar-refractivity contribution is 5.95. The number of carbonyl (C=O) groups is 1. The zero-order chi connectivity index (χ0) is 24.8. The maximum absolute atomic E-state index is 12.9. The minimum atomic E-state index is -0.346. The van der Waals surface area contributed by atoms with Crippen LogP contribution in [0.4, 0.5) is 11.6 Å². The van der Waals surface area contributed by atoms with E-state index < -0.39 is 0 Å². The van der Waals surface area contributed by atoms with Crippen molar-refractivity contribution in [2.45, 2.75) is 19.3 Å². The van der Waals surface area contributed by atoms with Gasteiger partial charge in [-0.15, -0.1) is 10.2 Å². The van der Waals surface area contributed by atoms with Crippen molar-refractivity contribution in [1.29, 1.82) is 0 Å². The van der Waals surface area contributed by atoms with E-state index in [9.17, 15) is 4.79 Å². The van der Waals surface area contributed by atoms with E-state index in [2.05, 4.69) is 20.4 Å². The number of carbonyl (C=O) groups excluding carboxylic acids is 1. The van der Waals surface area contributed by atoms with Gasteiger partial charge in [0.2, 0.25) is 24.2 Å². The quantitative estimate of drug-likeness (QED) is 0.564. The largest absolute Gasteiger partial charge is 0.493 e. The van der Waals surface area contributed by atoms with Crippen molar-refractivity contribution in [2.75, 3.05) is 57.5 Å². The Labute approximate surface area is 207 Å². The van der Waals surface area contributed by atoms with Crippen molar-refractivity contribution in [2.24, 2.45) is 0 Å². The number of fused-ring (bicyclic) bond motifs is 2. The van der Waals surface area contributed by atoms with E-state index in [1.807, 2.05) is 25.1 Å². The number of rotatable bonds is 5. The highest BCUT2D eigenvalue weighted by Gasteiger charge is 2.38. The van der Waals surface area contributed by atoms with Crippen LogP contribution in [0.25, 0.3) is 5.82 Å². The number of anilines is 2. The molecule has 188 valence electrons. The summed E-state index contributed by atoms with van der Waals surface area (Å²) >= 11 is 0. The third-order valence-corrected chi connectivity index (χ3v) is 6.68. The molecule has 3 aromatic rings. The molecule has 6 rings (SSSR count). The predicted molar refractivity (Wildman–Crippen MR) is 128 cm³/mol. The van der Waals surface area contributed by atoms with Gasteiger partial charge >= 0.3 is 0 Å². The fourth-order valence-corrected chi connectivity index (χ4v) is 5.03. The zero-order valence-corrected chi connectivity index (χ0v) is 20.2. The number of morpholine rings is 1. The van der Waals surface area contributed by atoms with Gasteiger partial charge in [-0.05, 0) is 25.1 Å². The molecule has 5 heterocycles. The maximum Gasteiger partial charge on any atom is 0.231 e. The number of aryl methyl sites for hydroxylation is 1. The van der Waals surface area contributed by atoms with E-state index in [0.717, 1.165) is 35.7 Å². The summed E-state index contributed by atoms with van der Waals surface area (Å²) in [5.41, 5.74) is 2.38. The summed E-state index contributed by atoms with van der Waals surface area (Å²) in [6, 6.07) is 5.60. The lowest BCUT2D eigenvalue weighted by Crippen LogP contribution is -2.36. The summed E-state index contributed by atoms with van der Waals surface area (Å²) in [7, 11) is 3.13. The molecule has 0 radical (unpaired) electrons. The maximum atomic E-state index is 12.9. The van der Waals surface area contributed by atoms with Crippen LogP contribution in [-0.2, 0) is 9.53 Å². The minimum absolute atomic E-state index is 0.0674. The van der Waals surface area contributed by atoms with Crippen LogP contribution in [0.15, 0.2) is 18.2 Å². The molecule has 0 saturated carbocycles. The molecule has 12 nitrogen and oxygen atoms in total. The molecule has 0 bridgehead atoms. The number of amides is 1. The molecule has 1 N–H and O–H groups in total. The highest BCUT2D eigenvalue weighted by atomic mass is 16.7. The first-order valence-corrected chi connectivity index (χ1v) is 11.7. The average molecular weight is 495 g/mol. The van der Waals surface area contributed by atoms with Gasteiger partial charge in [0.25, 0.3) is 0 Å². The van der Waals surface area contributed by atoms with Gasteiger partial charge in [0.15, 0.2) is 23.1 Å². The lowest BCUT2D eigenvalue weighted by atomic mass is 9.84. The second kappa shape index (κ2) is 8.86. The topological polar surface area (TPSA) is 122 Å².